The Kier molecular flexibility index (Phi) is 7.15. The fourth-order valence-corrected chi connectivity index (χ4v) is 2.59. The largest absolute Gasteiger partial charge is 0.495 e. The van der Waals surface area contributed by atoms with Crippen LogP contribution in [-0.4, -0.2) is 44.0 Å². The molecule has 144 valence electrons. The van der Waals surface area contributed by atoms with Gasteiger partial charge < -0.3 is 15.4 Å². The smallest absolute Gasteiger partial charge is 0.238 e. The molecule has 0 saturated carbocycles. The maximum absolute atomic E-state index is 13.1. The molecule has 0 fully saturated rings. The van der Waals surface area contributed by atoms with E-state index in [4.69, 9.17) is 16.3 Å². The average molecular weight is 394 g/mol. The van der Waals surface area contributed by atoms with E-state index in [1.54, 1.807) is 30.1 Å². The molecule has 2 N–H and O–H groups in total. The van der Waals surface area contributed by atoms with Crippen molar-refractivity contribution in [3.63, 3.8) is 0 Å². The van der Waals surface area contributed by atoms with Gasteiger partial charge in [0.1, 0.15) is 11.6 Å². The van der Waals surface area contributed by atoms with Gasteiger partial charge in [-0.15, -0.1) is 0 Å². The summed E-state index contributed by atoms with van der Waals surface area (Å²) in [5, 5.41) is 5.86. The van der Waals surface area contributed by atoms with Crippen molar-refractivity contribution in [3.05, 3.63) is 52.8 Å². The number of methoxy groups -OCH3 is 1. The molecule has 0 aliphatic heterocycles. The van der Waals surface area contributed by atoms with Gasteiger partial charge in [0.25, 0.3) is 0 Å². The van der Waals surface area contributed by atoms with E-state index in [0.29, 0.717) is 22.1 Å². The Bertz CT molecular complexity index is 845. The minimum absolute atomic E-state index is 0.0125. The van der Waals surface area contributed by atoms with Gasteiger partial charge in [-0.3, -0.25) is 14.5 Å². The number of nitrogens with one attached hydrogen (secondary N) is 2. The summed E-state index contributed by atoms with van der Waals surface area (Å²) in [7, 11) is 3.12. The van der Waals surface area contributed by atoms with Gasteiger partial charge in [-0.05, 0) is 43.8 Å². The fourth-order valence-electron chi connectivity index (χ4n) is 2.43. The number of amides is 2. The monoisotopic (exact) mass is 393 g/mol. The first kappa shape index (κ1) is 20.7. The second kappa shape index (κ2) is 9.34. The van der Waals surface area contributed by atoms with Crippen LogP contribution in [0.5, 0.6) is 5.75 Å². The number of hydrogen-bond acceptors (Lipinski definition) is 4. The van der Waals surface area contributed by atoms with Crippen LogP contribution < -0.4 is 15.4 Å². The van der Waals surface area contributed by atoms with Crippen LogP contribution in [0, 0.1) is 12.7 Å². The van der Waals surface area contributed by atoms with E-state index < -0.39 is 5.82 Å². The Morgan fingerprint density at radius 3 is 2.44 bits per heavy atom. The first-order valence-corrected chi connectivity index (χ1v) is 8.54. The lowest BCUT2D eigenvalue weighted by Crippen LogP contribution is -2.36. The molecule has 0 atom stereocenters. The Labute approximate surface area is 162 Å². The minimum atomic E-state index is -0.437. The van der Waals surface area contributed by atoms with Crippen molar-refractivity contribution in [3.8, 4) is 5.75 Å². The number of likely N-dealkylation sites (N-methyl/N-ethyl adjacent to an activating group) is 1. The highest BCUT2D eigenvalue weighted by Gasteiger charge is 2.14. The molecule has 27 heavy (non-hydrogen) atoms. The van der Waals surface area contributed by atoms with Crippen LogP contribution in [0.2, 0.25) is 5.02 Å². The van der Waals surface area contributed by atoms with Gasteiger partial charge in [-0.2, -0.15) is 0 Å². The topological polar surface area (TPSA) is 70.7 Å². The standard InChI is InChI=1S/C19H21ClFN3O3/c1-12-7-16(17(27-3)9-15(12)20)23-19(26)11-24(2)10-18(25)22-14-6-4-5-13(21)8-14/h4-9H,10-11H2,1-3H3,(H,22,25)(H,23,26). The zero-order valence-corrected chi connectivity index (χ0v) is 16.1. The molecule has 0 heterocycles. The number of halogens is 2. The Balaban J connectivity index is 1.90. The van der Waals surface area contributed by atoms with Crippen LogP contribution in [0.1, 0.15) is 5.56 Å². The summed E-state index contributed by atoms with van der Waals surface area (Å²) < 4.78 is 18.4. The number of carbonyl (C=O) groups excluding carboxylic acids is 2. The van der Waals surface area contributed by atoms with Crippen LogP contribution in [0.3, 0.4) is 0 Å². The molecule has 6 nitrogen and oxygen atoms in total. The van der Waals surface area contributed by atoms with Crippen molar-refractivity contribution in [2.75, 3.05) is 37.9 Å². The molecule has 0 saturated heterocycles. The summed E-state index contributed by atoms with van der Waals surface area (Å²) in [5.74, 6) is -0.648. The van der Waals surface area contributed by atoms with Crippen LogP contribution >= 0.6 is 11.6 Å². The van der Waals surface area contributed by atoms with E-state index >= 15 is 0 Å². The molecule has 2 aromatic rings. The third-order valence-corrected chi connectivity index (χ3v) is 4.10. The van der Waals surface area contributed by atoms with Crippen LogP contribution in [0.4, 0.5) is 15.8 Å². The molecule has 2 aromatic carbocycles. The summed E-state index contributed by atoms with van der Waals surface area (Å²) in [6.45, 7) is 1.78. The molecule has 0 aliphatic carbocycles. The van der Waals surface area contributed by atoms with Gasteiger partial charge in [-0.1, -0.05) is 17.7 Å². The van der Waals surface area contributed by atoms with Crippen molar-refractivity contribution >= 4 is 34.8 Å². The summed E-state index contributed by atoms with van der Waals surface area (Å²) in [6, 6.07) is 8.95. The number of carbonyl (C=O) groups is 2. The number of aryl methyl sites for hydroxylation is 1. The van der Waals surface area contributed by atoms with E-state index in [9.17, 15) is 14.0 Å². The van der Waals surface area contributed by atoms with Gasteiger partial charge in [-0.25, -0.2) is 4.39 Å². The number of benzene rings is 2. The number of hydrogen-bond donors (Lipinski definition) is 2. The zero-order chi connectivity index (χ0) is 20.0. The lowest BCUT2D eigenvalue weighted by atomic mass is 10.2. The van der Waals surface area contributed by atoms with Gasteiger partial charge in [0.05, 0.1) is 25.9 Å². The third kappa shape index (κ3) is 6.23. The van der Waals surface area contributed by atoms with Crippen LogP contribution in [0.25, 0.3) is 0 Å². The first-order valence-electron chi connectivity index (χ1n) is 8.16. The molecule has 0 aromatic heterocycles. The van der Waals surface area contributed by atoms with Crippen LogP contribution in [0.15, 0.2) is 36.4 Å². The zero-order valence-electron chi connectivity index (χ0n) is 15.3. The number of anilines is 2. The van der Waals surface area contributed by atoms with Crippen molar-refractivity contribution in [2.45, 2.75) is 6.92 Å². The molecule has 2 amide bonds. The molecular weight excluding hydrogens is 373 g/mol. The van der Waals surface area contributed by atoms with Crippen molar-refractivity contribution < 1.29 is 18.7 Å². The molecule has 0 bridgehead atoms. The van der Waals surface area contributed by atoms with E-state index in [1.807, 2.05) is 6.92 Å². The maximum atomic E-state index is 13.1. The fraction of sp³-hybridized carbons (Fsp3) is 0.263. The summed E-state index contributed by atoms with van der Waals surface area (Å²) in [6.07, 6.45) is 0. The summed E-state index contributed by atoms with van der Waals surface area (Å²) >= 11 is 6.05. The third-order valence-electron chi connectivity index (χ3n) is 3.69. The maximum Gasteiger partial charge on any atom is 0.238 e. The number of rotatable bonds is 7. The highest BCUT2D eigenvalue weighted by Crippen LogP contribution is 2.30. The normalized spacial score (nSPS) is 10.6. The molecular formula is C19H21ClFN3O3. The average Bonchev–Trinajstić information content (AvgIpc) is 2.57. The van der Waals surface area contributed by atoms with Crippen molar-refractivity contribution in [1.29, 1.82) is 0 Å². The van der Waals surface area contributed by atoms with Gasteiger partial charge in [0, 0.05) is 16.8 Å². The van der Waals surface area contributed by atoms with E-state index in [1.165, 1.54) is 25.3 Å². The highest BCUT2D eigenvalue weighted by molar-refractivity contribution is 6.31. The molecule has 0 aliphatic rings. The summed E-state index contributed by atoms with van der Waals surface area (Å²) in [5.41, 5.74) is 1.66. The quantitative estimate of drug-likeness (QED) is 0.757. The molecule has 2 rings (SSSR count). The Hall–Kier alpha value is -2.64. The second-order valence-electron chi connectivity index (χ2n) is 6.08. The molecule has 0 spiro atoms. The Morgan fingerprint density at radius 2 is 1.81 bits per heavy atom. The van der Waals surface area contributed by atoms with E-state index in [2.05, 4.69) is 10.6 Å². The SMILES string of the molecule is COc1cc(Cl)c(C)cc1NC(=O)CN(C)CC(=O)Nc1cccc(F)c1. The summed E-state index contributed by atoms with van der Waals surface area (Å²) in [4.78, 5) is 25.8. The predicted molar refractivity (Wildman–Crippen MR) is 104 cm³/mol. The second-order valence-corrected chi connectivity index (χ2v) is 6.49. The van der Waals surface area contributed by atoms with Crippen molar-refractivity contribution in [1.82, 2.24) is 4.90 Å². The first-order chi connectivity index (χ1) is 12.8. The molecule has 0 radical (unpaired) electrons. The molecule has 8 heteroatoms. The van der Waals surface area contributed by atoms with E-state index in [-0.39, 0.29) is 24.9 Å². The lowest BCUT2D eigenvalue weighted by Gasteiger charge is -2.17. The minimum Gasteiger partial charge on any atom is -0.495 e. The molecule has 0 unspecified atom stereocenters. The number of nitrogens with zero attached hydrogens (tertiary/aromatic N) is 1. The van der Waals surface area contributed by atoms with Crippen molar-refractivity contribution in [2.24, 2.45) is 0 Å². The Morgan fingerprint density at radius 1 is 1.15 bits per heavy atom. The van der Waals surface area contributed by atoms with Gasteiger partial charge in [0.15, 0.2) is 0 Å². The van der Waals surface area contributed by atoms with Gasteiger partial charge in [0.2, 0.25) is 11.8 Å². The van der Waals surface area contributed by atoms with Crippen LogP contribution in [-0.2, 0) is 9.59 Å². The predicted octanol–water partition coefficient (Wildman–Crippen LogP) is 3.31. The highest BCUT2D eigenvalue weighted by atomic mass is 35.5. The van der Waals surface area contributed by atoms with Gasteiger partial charge >= 0.3 is 0 Å². The number of ether oxygens (including phenoxy) is 1. The lowest BCUT2D eigenvalue weighted by molar-refractivity contribution is -0.119. The van der Waals surface area contributed by atoms with E-state index in [0.717, 1.165) is 5.56 Å².